The lowest BCUT2D eigenvalue weighted by atomic mass is 9.87. The van der Waals surface area contributed by atoms with Gasteiger partial charge in [-0.1, -0.05) is 90.1 Å². The van der Waals surface area contributed by atoms with Gasteiger partial charge in [-0.2, -0.15) is 0 Å². The van der Waals surface area contributed by atoms with E-state index in [1.807, 2.05) is 12.1 Å². The van der Waals surface area contributed by atoms with Gasteiger partial charge in [-0.05, 0) is 77.1 Å². The molecule has 0 aromatic heterocycles. The minimum Gasteiger partial charge on any atom is -0.485 e. The molecule has 4 heteroatoms. The molecule has 0 fully saturated rings. The average Bonchev–Trinajstić information content (AvgIpc) is 2.72. The largest absolute Gasteiger partial charge is 0.485 e. The smallest absolute Gasteiger partial charge is 0.162 e. The van der Waals surface area contributed by atoms with Crippen LogP contribution in [0, 0.1) is 0 Å². The normalized spacial score (nSPS) is 12.0. The highest BCUT2D eigenvalue weighted by Crippen LogP contribution is 2.37. The van der Waals surface area contributed by atoms with Gasteiger partial charge in [-0.3, -0.25) is 0 Å². The van der Waals surface area contributed by atoms with E-state index >= 15 is 0 Å². The summed E-state index contributed by atoms with van der Waals surface area (Å²) in [6.07, 6.45) is 0. The number of hydrogen-bond acceptors (Lipinski definition) is 2. The predicted octanol–water partition coefficient (Wildman–Crippen LogP) is 8.96. The van der Waals surface area contributed by atoms with E-state index in [0.29, 0.717) is 24.7 Å². The van der Waals surface area contributed by atoms with Gasteiger partial charge in [0, 0.05) is 8.95 Å². The fourth-order valence-electron chi connectivity index (χ4n) is 3.26. The van der Waals surface area contributed by atoms with Crippen LogP contribution in [0.1, 0.15) is 63.8 Å². The average molecular weight is 560 g/mol. The minimum atomic E-state index is 0.141. The molecule has 3 aromatic rings. The first-order chi connectivity index (χ1) is 14.9. The quantitative estimate of drug-likeness (QED) is 0.300. The van der Waals surface area contributed by atoms with Crippen LogP contribution in [0.3, 0.4) is 0 Å². The van der Waals surface area contributed by atoms with Crippen molar-refractivity contribution in [2.75, 3.05) is 0 Å². The third-order valence-electron chi connectivity index (χ3n) is 5.42. The number of benzene rings is 3. The van der Waals surface area contributed by atoms with Crippen LogP contribution in [0.2, 0.25) is 0 Å². The molecule has 0 unspecified atom stereocenters. The van der Waals surface area contributed by atoms with E-state index in [9.17, 15) is 0 Å². The molecule has 0 aliphatic rings. The molecule has 0 heterocycles. The molecule has 0 atom stereocenters. The Morgan fingerprint density at radius 2 is 0.875 bits per heavy atom. The van der Waals surface area contributed by atoms with Crippen LogP contribution in [0.5, 0.6) is 11.5 Å². The third-order valence-corrected chi connectivity index (χ3v) is 7.26. The summed E-state index contributed by atoms with van der Waals surface area (Å²) in [5.74, 6) is 1.43. The van der Waals surface area contributed by atoms with Gasteiger partial charge < -0.3 is 9.47 Å². The number of ether oxygens (including phenoxy) is 2. The van der Waals surface area contributed by atoms with Crippen molar-refractivity contribution in [3.63, 3.8) is 0 Å². The van der Waals surface area contributed by atoms with Crippen molar-refractivity contribution in [3.8, 4) is 11.5 Å². The molecule has 0 saturated carbocycles. The van der Waals surface area contributed by atoms with Crippen LogP contribution in [-0.2, 0) is 24.0 Å². The molecule has 32 heavy (non-hydrogen) atoms. The fraction of sp³-hybridized carbons (Fsp3) is 0.357. The molecule has 0 radical (unpaired) electrons. The monoisotopic (exact) mass is 558 g/mol. The van der Waals surface area contributed by atoms with Crippen molar-refractivity contribution in [2.45, 2.75) is 65.6 Å². The van der Waals surface area contributed by atoms with Crippen molar-refractivity contribution in [2.24, 2.45) is 0 Å². The molecule has 0 spiro atoms. The van der Waals surface area contributed by atoms with Crippen LogP contribution in [0.15, 0.2) is 69.6 Å². The first-order valence-electron chi connectivity index (χ1n) is 10.9. The molecular weight excluding hydrogens is 528 g/mol. The van der Waals surface area contributed by atoms with Crippen LogP contribution in [0.25, 0.3) is 0 Å². The Hall–Kier alpha value is -1.78. The van der Waals surface area contributed by atoms with Gasteiger partial charge in [-0.25, -0.2) is 0 Å². The van der Waals surface area contributed by atoms with Crippen LogP contribution < -0.4 is 9.47 Å². The summed E-state index contributed by atoms with van der Waals surface area (Å²) in [4.78, 5) is 0. The molecule has 3 aromatic carbocycles. The SMILES string of the molecule is CC(C)(C)c1ccc(COc2cc(Br)c(Br)cc2OCc2ccc(C(C)(C)C)cc2)cc1. The maximum Gasteiger partial charge on any atom is 0.162 e. The Balaban J connectivity index is 1.71. The Kier molecular flexibility index (Phi) is 7.77. The van der Waals surface area contributed by atoms with E-state index in [-0.39, 0.29) is 10.8 Å². The zero-order valence-electron chi connectivity index (χ0n) is 19.8. The second-order valence-electron chi connectivity index (χ2n) is 10.2. The summed E-state index contributed by atoms with van der Waals surface area (Å²) in [5.41, 5.74) is 5.16. The summed E-state index contributed by atoms with van der Waals surface area (Å²) in [5, 5.41) is 0. The van der Waals surface area contributed by atoms with Gasteiger partial charge in [-0.15, -0.1) is 0 Å². The first-order valence-corrected chi connectivity index (χ1v) is 12.5. The molecule has 0 amide bonds. The van der Waals surface area contributed by atoms with Crippen LogP contribution in [0.4, 0.5) is 0 Å². The maximum atomic E-state index is 6.16. The zero-order chi connectivity index (χ0) is 23.5. The summed E-state index contributed by atoms with van der Waals surface area (Å²) in [6, 6.07) is 21.1. The summed E-state index contributed by atoms with van der Waals surface area (Å²) >= 11 is 7.16. The van der Waals surface area contributed by atoms with Crippen molar-refractivity contribution >= 4 is 31.9 Å². The molecule has 0 aliphatic heterocycles. The molecular formula is C28H32Br2O2. The maximum absolute atomic E-state index is 6.16. The highest BCUT2D eigenvalue weighted by molar-refractivity contribution is 9.13. The number of hydrogen-bond donors (Lipinski definition) is 0. The van der Waals surface area contributed by atoms with Gasteiger partial charge in [0.25, 0.3) is 0 Å². The van der Waals surface area contributed by atoms with Gasteiger partial charge in [0.1, 0.15) is 13.2 Å². The predicted molar refractivity (Wildman–Crippen MR) is 141 cm³/mol. The van der Waals surface area contributed by atoms with Gasteiger partial charge in [0.2, 0.25) is 0 Å². The molecule has 2 nitrogen and oxygen atoms in total. The van der Waals surface area contributed by atoms with E-state index < -0.39 is 0 Å². The van der Waals surface area contributed by atoms with Crippen molar-refractivity contribution in [1.82, 2.24) is 0 Å². The van der Waals surface area contributed by atoms with E-state index in [1.54, 1.807) is 0 Å². The minimum absolute atomic E-state index is 0.141. The van der Waals surface area contributed by atoms with Crippen molar-refractivity contribution in [3.05, 3.63) is 91.9 Å². The zero-order valence-corrected chi connectivity index (χ0v) is 22.9. The Morgan fingerprint density at radius 3 is 1.16 bits per heavy atom. The van der Waals surface area contributed by atoms with Gasteiger partial charge in [0.15, 0.2) is 11.5 Å². The molecule has 170 valence electrons. The second-order valence-corrected chi connectivity index (χ2v) is 11.9. The first kappa shape index (κ1) is 24.9. The third kappa shape index (κ3) is 6.62. The molecule has 0 saturated heterocycles. The summed E-state index contributed by atoms with van der Waals surface area (Å²) in [6.45, 7) is 14.3. The van der Waals surface area contributed by atoms with Gasteiger partial charge in [0.05, 0.1) is 0 Å². The lowest BCUT2D eigenvalue weighted by molar-refractivity contribution is 0.255. The van der Waals surface area contributed by atoms with E-state index in [1.165, 1.54) is 11.1 Å². The summed E-state index contributed by atoms with van der Waals surface area (Å²) < 4.78 is 14.2. The molecule has 3 rings (SSSR count). The number of rotatable bonds is 6. The number of halogens is 2. The fourth-order valence-corrected chi connectivity index (χ4v) is 3.90. The van der Waals surface area contributed by atoms with Crippen molar-refractivity contribution in [1.29, 1.82) is 0 Å². The van der Waals surface area contributed by atoms with E-state index in [4.69, 9.17) is 9.47 Å². The lowest BCUT2D eigenvalue weighted by Gasteiger charge is -2.20. The summed E-state index contributed by atoms with van der Waals surface area (Å²) in [7, 11) is 0. The van der Waals surface area contributed by atoms with Crippen molar-refractivity contribution < 1.29 is 9.47 Å². The Bertz CT molecular complexity index is 955. The van der Waals surface area contributed by atoms with Gasteiger partial charge >= 0.3 is 0 Å². The molecule has 0 aliphatic carbocycles. The van der Waals surface area contributed by atoms with E-state index in [0.717, 1.165) is 20.1 Å². The highest BCUT2D eigenvalue weighted by atomic mass is 79.9. The topological polar surface area (TPSA) is 18.5 Å². The van der Waals surface area contributed by atoms with Crippen LogP contribution in [-0.4, -0.2) is 0 Å². The second kappa shape index (κ2) is 10.0. The van der Waals surface area contributed by atoms with E-state index in [2.05, 4.69) is 122 Å². The highest BCUT2D eigenvalue weighted by Gasteiger charge is 2.15. The lowest BCUT2D eigenvalue weighted by Crippen LogP contribution is -2.11. The Labute approximate surface area is 209 Å². The standard InChI is InChI=1S/C28H32Br2O2/c1-27(2,3)21-11-7-19(8-12-21)17-31-25-15-23(29)24(30)16-26(25)32-18-20-9-13-22(14-10-20)28(4,5)6/h7-16H,17-18H2,1-6H3. The Morgan fingerprint density at radius 1 is 0.562 bits per heavy atom. The molecule has 0 bridgehead atoms. The van der Waals surface area contributed by atoms with Crippen LogP contribution >= 0.6 is 31.9 Å². The molecule has 0 N–H and O–H groups in total.